The second-order valence-electron chi connectivity index (χ2n) is 4.20. The van der Waals surface area contributed by atoms with Gasteiger partial charge in [-0.2, -0.15) is 0 Å². The zero-order valence-electron chi connectivity index (χ0n) is 10.3. The maximum Gasteiger partial charge on any atom is 0.115 e. The monoisotopic (exact) mass is 237 g/mol. The van der Waals surface area contributed by atoms with Gasteiger partial charge in [-0.15, -0.1) is 0 Å². The Balaban J connectivity index is 0.000000811. The van der Waals surface area contributed by atoms with Crippen molar-refractivity contribution >= 4 is 0 Å². The van der Waals surface area contributed by atoms with Crippen LogP contribution in [0.2, 0.25) is 0 Å². The Morgan fingerprint density at radius 1 is 1.00 bits per heavy atom. The summed E-state index contributed by atoms with van der Waals surface area (Å²) in [5.74, 6) is 0.997. The highest BCUT2D eigenvalue weighted by atomic mass is 16.3. The van der Waals surface area contributed by atoms with Gasteiger partial charge < -0.3 is 10.8 Å². The molecule has 0 unspecified atom stereocenters. The third-order valence-corrected chi connectivity index (χ3v) is 3.14. The molecule has 0 heterocycles. The van der Waals surface area contributed by atoms with E-state index in [9.17, 15) is 5.11 Å². The Bertz CT molecular complexity index is 286. The Morgan fingerprint density at radius 2 is 1.47 bits per heavy atom. The predicted molar refractivity (Wildman–Crippen MR) is 75.4 cm³/mol. The van der Waals surface area contributed by atoms with Crippen LogP contribution in [-0.2, 0) is 0 Å². The summed E-state index contributed by atoms with van der Waals surface area (Å²) < 4.78 is 0. The fraction of sp³-hybridized carbons (Fsp3) is 0.600. The van der Waals surface area contributed by atoms with Crippen molar-refractivity contribution in [3.63, 3.8) is 0 Å². The molecule has 1 aliphatic rings. The van der Waals surface area contributed by atoms with E-state index >= 15 is 0 Å². The third kappa shape index (κ3) is 4.78. The van der Waals surface area contributed by atoms with Gasteiger partial charge in [0.1, 0.15) is 5.75 Å². The van der Waals surface area contributed by atoms with Crippen molar-refractivity contribution in [1.82, 2.24) is 0 Å². The molecule has 1 aromatic rings. The van der Waals surface area contributed by atoms with Gasteiger partial charge in [0.15, 0.2) is 0 Å². The maximum absolute atomic E-state index is 9.18. The average Bonchev–Trinajstić information content (AvgIpc) is 2.34. The number of rotatable bonds is 1. The first-order valence-electron chi connectivity index (χ1n) is 6.30. The summed E-state index contributed by atoms with van der Waals surface area (Å²) in [5, 5.41) is 9.18. The summed E-state index contributed by atoms with van der Waals surface area (Å²) in [4.78, 5) is 0. The summed E-state index contributed by atoms with van der Waals surface area (Å²) >= 11 is 0. The molecule has 0 bridgehead atoms. The zero-order valence-corrected chi connectivity index (χ0v) is 10.3. The molecule has 98 valence electrons. The van der Waals surface area contributed by atoms with Gasteiger partial charge in [-0.25, -0.2) is 0 Å². The molecule has 3 N–H and O–H groups in total. The normalized spacial score (nSPS) is 23.0. The molecule has 1 fully saturated rings. The Hall–Kier alpha value is -1.02. The van der Waals surface area contributed by atoms with Crippen LogP contribution in [0.15, 0.2) is 24.3 Å². The van der Waals surface area contributed by atoms with Crippen LogP contribution in [0.25, 0.3) is 0 Å². The molecule has 0 spiro atoms. The first kappa shape index (κ1) is 16.0. The number of phenols is 1. The van der Waals surface area contributed by atoms with Gasteiger partial charge in [-0.1, -0.05) is 33.4 Å². The topological polar surface area (TPSA) is 46.2 Å². The van der Waals surface area contributed by atoms with E-state index in [1.165, 1.54) is 18.4 Å². The number of nitrogens with two attached hydrogens (primary N) is 1. The molecule has 17 heavy (non-hydrogen) atoms. The molecule has 2 rings (SSSR count). The lowest BCUT2D eigenvalue weighted by Gasteiger charge is -2.26. The van der Waals surface area contributed by atoms with Crippen LogP contribution in [0.1, 0.15) is 58.4 Å². The Labute approximate surface area is 106 Å². The molecular formula is C15H27NO. The molecule has 0 atom stereocenters. The highest BCUT2D eigenvalue weighted by Crippen LogP contribution is 2.32. The van der Waals surface area contributed by atoms with Gasteiger partial charge in [0.05, 0.1) is 0 Å². The quantitative estimate of drug-likeness (QED) is 0.774. The van der Waals surface area contributed by atoms with Crippen molar-refractivity contribution in [2.75, 3.05) is 0 Å². The van der Waals surface area contributed by atoms with Crippen molar-refractivity contribution < 1.29 is 5.11 Å². The lowest BCUT2D eigenvalue weighted by Crippen LogP contribution is -2.25. The van der Waals surface area contributed by atoms with Gasteiger partial charge in [0, 0.05) is 6.04 Å². The van der Waals surface area contributed by atoms with Crippen LogP contribution in [0.5, 0.6) is 5.75 Å². The van der Waals surface area contributed by atoms with Crippen LogP contribution in [0.3, 0.4) is 0 Å². The summed E-state index contributed by atoms with van der Waals surface area (Å²) in [6.07, 6.45) is 4.63. The van der Waals surface area contributed by atoms with Gasteiger partial charge in [0.25, 0.3) is 0 Å². The molecule has 0 aliphatic heterocycles. The largest absolute Gasteiger partial charge is 0.508 e. The number of benzene rings is 1. The van der Waals surface area contributed by atoms with Crippen LogP contribution < -0.4 is 5.73 Å². The smallest absolute Gasteiger partial charge is 0.115 e. The van der Waals surface area contributed by atoms with Crippen molar-refractivity contribution in [1.29, 1.82) is 0 Å². The number of hydrogen-bond donors (Lipinski definition) is 2. The van der Waals surface area contributed by atoms with E-state index < -0.39 is 0 Å². The van der Waals surface area contributed by atoms with Crippen molar-refractivity contribution in [2.45, 2.75) is 58.9 Å². The molecule has 1 saturated carbocycles. The van der Waals surface area contributed by atoms with Crippen molar-refractivity contribution in [3.8, 4) is 5.75 Å². The molecular weight excluding hydrogens is 210 g/mol. The third-order valence-electron chi connectivity index (χ3n) is 3.14. The molecule has 1 aliphatic carbocycles. The molecule has 2 heteroatoms. The van der Waals surface area contributed by atoms with E-state index in [1.54, 1.807) is 12.1 Å². The minimum absolute atomic E-state index is 0. The van der Waals surface area contributed by atoms with E-state index in [4.69, 9.17) is 5.73 Å². The van der Waals surface area contributed by atoms with E-state index in [1.807, 2.05) is 26.0 Å². The van der Waals surface area contributed by atoms with Gasteiger partial charge >= 0.3 is 0 Å². The van der Waals surface area contributed by atoms with Gasteiger partial charge in [0.2, 0.25) is 0 Å². The first-order valence-corrected chi connectivity index (χ1v) is 6.30. The molecule has 2 nitrogen and oxygen atoms in total. The molecule has 0 saturated heterocycles. The molecule has 1 aromatic carbocycles. The van der Waals surface area contributed by atoms with E-state index in [-0.39, 0.29) is 7.43 Å². The van der Waals surface area contributed by atoms with Crippen molar-refractivity contribution in [2.24, 2.45) is 5.73 Å². The van der Waals surface area contributed by atoms with Crippen LogP contribution in [0, 0.1) is 0 Å². The van der Waals surface area contributed by atoms with Crippen molar-refractivity contribution in [3.05, 3.63) is 29.8 Å². The lowest BCUT2D eigenvalue weighted by atomic mass is 9.82. The van der Waals surface area contributed by atoms with E-state index in [0.29, 0.717) is 17.7 Å². The summed E-state index contributed by atoms with van der Waals surface area (Å²) in [5.41, 5.74) is 7.20. The highest BCUT2D eigenvalue weighted by Gasteiger charge is 2.19. The second kappa shape index (κ2) is 8.13. The number of aromatic hydroxyl groups is 1. The highest BCUT2D eigenvalue weighted by molar-refractivity contribution is 5.28. The fourth-order valence-corrected chi connectivity index (χ4v) is 2.20. The predicted octanol–water partition coefficient (Wildman–Crippen LogP) is 4.04. The number of phenolic OH excluding ortho intramolecular Hbond substituents is 1. The SMILES string of the molecule is C.CC.NC1CCC(c2ccc(O)cc2)CC1. The van der Waals surface area contributed by atoms with Crippen LogP contribution in [-0.4, -0.2) is 11.1 Å². The fourth-order valence-electron chi connectivity index (χ4n) is 2.20. The first-order chi connectivity index (χ1) is 7.75. The average molecular weight is 237 g/mol. The zero-order chi connectivity index (χ0) is 12.0. The maximum atomic E-state index is 9.18. The lowest BCUT2D eigenvalue weighted by molar-refractivity contribution is 0.395. The Morgan fingerprint density at radius 3 is 1.94 bits per heavy atom. The van der Waals surface area contributed by atoms with Crippen LogP contribution >= 0.6 is 0 Å². The molecule has 0 aromatic heterocycles. The summed E-state index contributed by atoms with van der Waals surface area (Å²) in [7, 11) is 0. The Kier molecular flexibility index (Phi) is 7.64. The minimum atomic E-state index is 0. The minimum Gasteiger partial charge on any atom is -0.508 e. The molecule has 0 amide bonds. The van der Waals surface area contributed by atoms with Gasteiger partial charge in [-0.3, -0.25) is 0 Å². The van der Waals surface area contributed by atoms with E-state index in [2.05, 4.69) is 0 Å². The summed E-state index contributed by atoms with van der Waals surface area (Å²) in [6.45, 7) is 4.00. The van der Waals surface area contributed by atoms with E-state index in [0.717, 1.165) is 12.8 Å². The standard InChI is InChI=1S/C12H17NO.C2H6.CH4/c13-11-5-1-9(2-6-11)10-3-7-12(14)8-4-10;1-2;/h3-4,7-9,11,14H,1-2,5-6,13H2;1-2H3;1H4. The van der Waals surface area contributed by atoms with Crippen LogP contribution in [0.4, 0.5) is 0 Å². The number of hydrogen-bond acceptors (Lipinski definition) is 2. The summed E-state index contributed by atoms with van der Waals surface area (Å²) in [6, 6.07) is 7.99. The molecule has 0 radical (unpaired) electrons. The van der Waals surface area contributed by atoms with Gasteiger partial charge in [-0.05, 0) is 49.3 Å². The second-order valence-corrected chi connectivity index (χ2v) is 4.20.